The van der Waals surface area contributed by atoms with Gasteiger partial charge in [-0.1, -0.05) is 12.1 Å². The molecule has 1 aliphatic heterocycles. The van der Waals surface area contributed by atoms with Crippen LogP contribution in [-0.4, -0.2) is 32.9 Å². The first kappa shape index (κ1) is 18.7. The highest BCUT2D eigenvalue weighted by molar-refractivity contribution is 6.04. The third-order valence-electron chi connectivity index (χ3n) is 4.78. The Morgan fingerprint density at radius 1 is 1.10 bits per heavy atom. The standard InChI is InChI=1S/C21H20FN5O2/c22-17-6-4-16(5-7-17)20(28)25-18-3-1-2-15(10-18)11-24-21(29)26-8-9-27-14-23-12-19(27)13-26/h1-7,10,12,14H,8-9,11,13H2,(H,24,29)(H,25,28). The number of aromatic nitrogens is 2. The van der Waals surface area contributed by atoms with Gasteiger partial charge in [-0.05, 0) is 42.0 Å². The Morgan fingerprint density at radius 2 is 1.93 bits per heavy atom. The molecule has 0 radical (unpaired) electrons. The normalized spacial score (nSPS) is 12.9. The maximum absolute atomic E-state index is 13.0. The number of hydrogen-bond acceptors (Lipinski definition) is 3. The maximum Gasteiger partial charge on any atom is 0.318 e. The number of rotatable bonds is 4. The number of halogens is 1. The molecule has 8 heteroatoms. The minimum absolute atomic E-state index is 0.141. The minimum Gasteiger partial charge on any atom is -0.334 e. The van der Waals surface area contributed by atoms with Crippen molar-refractivity contribution in [2.75, 3.05) is 11.9 Å². The van der Waals surface area contributed by atoms with Crippen molar-refractivity contribution in [3.05, 3.63) is 83.7 Å². The maximum atomic E-state index is 13.0. The summed E-state index contributed by atoms with van der Waals surface area (Å²) < 4.78 is 15.0. The number of hydrogen-bond donors (Lipinski definition) is 2. The number of carbonyl (C=O) groups excluding carboxylic acids is 2. The van der Waals surface area contributed by atoms with Gasteiger partial charge < -0.3 is 20.1 Å². The van der Waals surface area contributed by atoms with Gasteiger partial charge in [0.1, 0.15) is 5.82 Å². The van der Waals surface area contributed by atoms with E-state index in [4.69, 9.17) is 0 Å². The Morgan fingerprint density at radius 3 is 2.76 bits per heavy atom. The van der Waals surface area contributed by atoms with Crippen LogP contribution in [0.25, 0.3) is 0 Å². The van der Waals surface area contributed by atoms with E-state index in [0.717, 1.165) is 17.8 Å². The lowest BCUT2D eigenvalue weighted by Gasteiger charge is -2.28. The molecule has 0 unspecified atom stereocenters. The molecule has 2 N–H and O–H groups in total. The van der Waals surface area contributed by atoms with Crippen molar-refractivity contribution in [2.45, 2.75) is 19.6 Å². The molecule has 3 amide bonds. The first-order valence-electron chi connectivity index (χ1n) is 9.26. The van der Waals surface area contributed by atoms with Gasteiger partial charge in [0.2, 0.25) is 0 Å². The van der Waals surface area contributed by atoms with E-state index < -0.39 is 5.82 Å². The van der Waals surface area contributed by atoms with Gasteiger partial charge in [0.25, 0.3) is 5.91 Å². The summed E-state index contributed by atoms with van der Waals surface area (Å²) in [7, 11) is 0. The van der Waals surface area contributed by atoms with E-state index in [1.165, 1.54) is 24.3 Å². The van der Waals surface area contributed by atoms with Gasteiger partial charge in [-0.3, -0.25) is 4.79 Å². The number of urea groups is 1. The number of benzene rings is 2. The summed E-state index contributed by atoms with van der Waals surface area (Å²) in [4.78, 5) is 30.6. The van der Waals surface area contributed by atoms with Crippen LogP contribution in [-0.2, 0) is 19.6 Å². The minimum atomic E-state index is -0.391. The highest BCUT2D eigenvalue weighted by Gasteiger charge is 2.20. The molecule has 0 atom stereocenters. The molecule has 3 aromatic rings. The smallest absolute Gasteiger partial charge is 0.318 e. The monoisotopic (exact) mass is 393 g/mol. The summed E-state index contributed by atoms with van der Waals surface area (Å²) in [6, 6.07) is 12.5. The van der Waals surface area contributed by atoms with Crippen molar-refractivity contribution in [2.24, 2.45) is 0 Å². The number of fused-ring (bicyclic) bond motifs is 1. The van der Waals surface area contributed by atoms with Crippen LogP contribution in [0.15, 0.2) is 61.1 Å². The van der Waals surface area contributed by atoms with Crippen LogP contribution in [0.4, 0.5) is 14.9 Å². The van der Waals surface area contributed by atoms with Crippen LogP contribution in [0.2, 0.25) is 0 Å². The molecule has 0 saturated carbocycles. The largest absolute Gasteiger partial charge is 0.334 e. The molecular formula is C21H20FN5O2. The molecule has 0 aliphatic carbocycles. The second kappa shape index (κ2) is 8.14. The summed E-state index contributed by atoms with van der Waals surface area (Å²) in [5.41, 5.74) is 2.84. The van der Waals surface area contributed by atoms with Crippen molar-refractivity contribution in [3.8, 4) is 0 Å². The lowest BCUT2D eigenvalue weighted by atomic mass is 10.1. The third kappa shape index (κ3) is 4.43. The SMILES string of the molecule is O=C(Nc1cccc(CNC(=O)N2CCn3cncc3C2)c1)c1ccc(F)cc1. The summed E-state index contributed by atoms with van der Waals surface area (Å²) in [5.74, 6) is -0.714. The van der Waals surface area contributed by atoms with Crippen molar-refractivity contribution < 1.29 is 14.0 Å². The number of nitrogens with zero attached hydrogens (tertiary/aromatic N) is 3. The van der Waals surface area contributed by atoms with Crippen LogP contribution in [0.5, 0.6) is 0 Å². The van der Waals surface area contributed by atoms with Gasteiger partial charge in [0, 0.05) is 37.1 Å². The van der Waals surface area contributed by atoms with Crippen LogP contribution in [0, 0.1) is 5.82 Å². The molecule has 2 aromatic carbocycles. The molecule has 0 bridgehead atoms. The predicted molar refractivity (Wildman–Crippen MR) is 106 cm³/mol. The lowest BCUT2D eigenvalue weighted by molar-refractivity contribution is 0.102. The van der Waals surface area contributed by atoms with Crippen molar-refractivity contribution in [1.82, 2.24) is 19.8 Å². The van der Waals surface area contributed by atoms with E-state index in [2.05, 4.69) is 15.6 Å². The zero-order valence-electron chi connectivity index (χ0n) is 15.6. The number of anilines is 1. The fourth-order valence-corrected chi connectivity index (χ4v) is 3.21. The summed E-state index contributed by atoms with van der Waals surface area (Å²) >= 11 is 0. The van der Waals surface area contributed by atoms with Gasteiger partial charge >= 0.3 is 6.03 Å². The molecule has 1 aliphatic rings. The number of imidazole rings is 1. The summed E-state index contributed by atoms with van der Waals surface area (Å²) in [6.45, 7) is 2.23. The predicted octanol–water partition coefficient (Wildman–Crippen LogP) is 3.00. The molecule has 7 nitrogen and oxygen atoms in total. The molecular weight excluding hydrogens is 373 g/mol. The quantitative estimate of drug-likeness (QED) is 0.715. The Hall–Kier alpha value is -3.68. The fraction of sp³-hybridized carbons (Fsp3) is 0.190. The van der Waals surface area contributed by atoms with Crippen LogP contribution in [0.3, 0.4) is 0 Å². The van der Waals surface area contributed by atoms with Crippen molar-refractivity contribution >= 4 is 17.6 Å². The highest BCUT2D eigenvalue weighted by atomic mass is 19.1. The molecule has 2 heterocycles. The third-order valence-corrected chi connectivity index (χ3v) is 4.78. The fourth-order valence-electron chi connectivity index (χ4n) is 3.21. The van der Waals surface area contributed by atoms with Gasteiger partial charge in [-0.25, -0.2) is 14.2 Å². The Bertz CT molecular complexity index is 1030. The molecule has 4 rings (SSSR count). The van der Waals surface area contributed by atoms with Crippen LogP contribution in [0.1, 0.15) is 21.6 Å². The van der Waals surface area contributed by atoms with Gasteiger partial charge in [-0.2, -0.15) is 0 Å². The molecule has 0 spiro atoms. The molecule has 1 aromatic heterocycles. The van der Waals surface area contributed by atoms with Crippen molar-refractivity contribution in [1.29, 1.82) is 0 Å². The van der Waals surface area contributed by atoms with Crippen molar-refractivity contribution in [3.63, 3.8) is 0 Å². The first-order valence-corrected chi connectivity index (χ1v) is 9.26. The van der Waals surface area contributed by atoms with E-state index in [1.54, 1.807) is 35.6 Å². The summed E-state index contributed by atoms with van der Waals surface area (Å²) in [5, 5.41) is 5.70. The van der Waals surface area contributed by atoms with Gasteiger partial charge in [-0.15, -0.1) is 0 Å². The Balaban J connectivity index is 1.33. The average Bonchev–Trinajstić information content (AvgIpc) is 3.20. The molecule has 29 heavy (non-hydrogen) atoms. The van der Waals surface area contributed by atoms with E-state index in [9.17, 15) is 14.0 Å². The molecule has 0 fully saturated rings. The molecule has 148 valence electrons. The Kier molecular flexibility index (Phi) is 5.24. The van der Waals surface area contributed by atoms with E-state index in [1.807, 2.05) is 10.6 Å². The highest BCUT2D eigenvalue weighted by Crippen LogP contribution is 2.14. The Labute approximate surface area is 167 Å². The van der Waals surface area contributed by atoms with Crippen LogP contribution >= 0.6 is 0 Å². The topological polar surface area (TPSA) is 79.3 Å². The lowest BCUT2D eigenvalue weighted by Crippen LogP contribution is -2.43. The zero-order valence-corrected chi connectivity index (χ0v) is 15.6. The van der Waals surface area contributed by atoms with Gasteiger partial charge in [0.05, 0.1) is 18.6 Å². The molecule has 0 saturated heterocycles. The first-order chi connectivity index (χ1) is 14.1. The van der Waals surface area contributed by atoms with Crippen LogP contribution < -0.4 is 10.6 Å². The second-order valence-corrected chi connectivity index (χ2v) is 6.82. The van der Waals surface area contributed by atoms with E-state index in [-0.39, 0.29) is 11.9 Å². The van der Waals surface area contributed by atoms with E-state index >= 15 is 0 Å². The average molecular weight is 393 g/mol. The van der Waals surface area contributed by atoms with Gasteiger partial charge in [0.15, 0.2) is 0 Å². The second-order valence-electron chi connectivity index (χ2n) is 6.82. The number of nitrogens with one attached hydrogen (secondary N) is 2. The number of amides is 3. The van der Waals surface area contributed by atoms with E-state index in [0.29, 0.717) is 30.9 Å². The zero-order chi connectivity index (χ0) is 20.2. The number of carbonyl (C=O) groups is 2. The summed E-state index contributed by atoms with van der Waals surface area (Å²) in [6.07, 6.45) is 3.54.